The van der Waals surface area contributed by atoms with Gasteiger partial charge in [-0.1, -0.05) is 43.7 Å². The number of rotatable bonds is 6. The number of fused-ring (bicyclic) bond motifs is 1. The van der Waals surface area contributed by atoms with E-state index in [1.54, 1.807) is 4.68 Å². The SMILES string of the molecule is C=CC(=O)N1CCCC(/C=[N+]2/N=C(c3ccc(Oc4ccccc4)cc3)c3c(N)ncnc32)C1C(C)C. The first-order valence-electron chi connectivity index (χ1n) is 12.6. The van der Waals surface area contributed by atoms with Crippen LogP contribution in [0.25, 0.3) is 0 Å². The number of hydrogen-bond acceptors (Lipinski definition) is 6. The van der Waals surface area contributed by atoms with Crippen molar-refractivity contribution in [3.05, 3.63) is 84.7 Å². The van der Waals surface area contributed by atoms with Crippen molar-refractivity contribution < 1.29 is 14.2 Å². The third kappa shape index (κ3) is 4.87. The van der Waals surface area contributed by atoms with Crippen molar-refractivity contribution in [2.24, 2.45) is 16.9 Å². The largest absolute Gasteiger partial charge is 0.457 e. The molecule has 2 aromatic carbocycles. The van der Waals surface area contributed by atoms with Crippen LogP contribution in [-0.4, -0.2) is 50.0 Å². The summed E-state index contributed by atoms with van der Waals surface area (Å²) in [6.45, 7) is 8.72. The lowest BCUT2D eigenvalue weighted by atomic mass is 9.83. The Morgan fingerprint density at radius 2 is 1.86 bits per heavy atom. The average Bonchev–Trinajstić information content (AvgIpc) is 3.28. The average molecular weight is 496 g/mol. The van der Waals surface area contributed by atoms with Crippen LogP contribution in [0.4, 0.5) is 11.6 Å². The third-order valence-electron chi connectivity index (χ3n) is 6.83. The monoisotopic (exact) mass is 495 g/mol. The van der Waals surface area contributed by atoms with Crippen LogP contribution in [0.2, 0.25) is 0 Å². The summed E-state index contributed by atoms with van der Waals surface area (Å²) in [5.41, 5.74) is 8.60. The molecule has 0 radical (unpaired) electrons. The summed E-state index contributed by atoms with van der Waals surface area (Å²) in [6, 6.07) is 17.4. The lowest BCUT2D eigenvalue weighted by Gasteiger charge is -2.41. The van der Waals surface area contributed by atoms with Crippen molar-refractivity contribution in [3.8, 4) is 11.5 Å². The molecule has 3 aromatic rings. The summed E-state index contributed by atoms with van der Waals surface area (Å²) >= 11 is 0. The van der Waals surface area contributed by atoms with E-state index in [0.717, 1.165) is 36.4 Å². The number of carbonyl (C=O) groups is 1. The van der Waals surface area contributed by atoms with Gasteiger partial charge in [0.1, 0.15) is 34.8 Å². The summed E-state index contributed by atoms with van der Waals surface area (Å²) < 4.78 is 7.74. The smallest absolute Gasteiger partial charge is 0.363 e. The van der Waals surface area contributed by atoms with Gasteiger partial charge in [-0.25, -0.2) is 0 Å². The number of likely N-dealkylation sites (tertiary alicyclic amines) is 1. The van der Waals surface area contributed by atoms with Crippen molar-refractivity contribution >= 4 is 29.5 Å². The molecule has 0 aliphatic carbocycles. The Labute approximate surface area is 216 Å². The summed E-state index contributed by atoms with van der Waals surface area (Å²) in [5, 5.41) is 4.93. The van der Waals surface area contributed by atoms with Crippen LogP contribution in [0.1, 0.15) is 37.8 Å². The molecule has 1 amide bonds. The summed E-state index contributed by atoms with van der Waals surface area (Å²) in [6.07, 6.45) is 6.80. The standard InChI is InChI=1S/C29H31N6O2/c1-4-24(36)34-16-8-9-21(27(34)19(2)3)17-35-29-25(28(30)31-18-32-29)26(33-35)20-12-14-23(15-13-20)37-22-10-6-5-7-11-22/h4-7,10-15,17-19,21,27H,1,8-9,16H2,2-3H3,(H2,30,31,32)/q+1/b35-17+. The summed E-state index contributed by atoms with van der Waals surface area (Å²) in [5.74, 6) is 2.85. The first-order chi connectivity index (χ1) is 18.0. The van der Waals surface area contributed by atoms with Crippen molar-refractivity contribution in [3.63, 3.8) is 0 Å². The van der Waals surface area contributed by atoms with Gasteiger partial charge in [0.2, 0.25) is 12.2 Å². The fourth-order valence-corrected chi connectivity index (χ4v) is 5.23. The third-order valence-corrected chi connectivity index (χ3v) is 6.83. The van der Waals surface area contributed by atoms with Crippen molar-refractivity contribution in [2.45, 2.75) is 32.7 Å². The predicted octanol–water partition coefficient (Wildman–Crippen LogP) is 4.78. The van der Waals surface area contributed by atoms with E-state index >= 15 is 0 Å². The number of hydrogen-bond donors (Lipinski definition) is 1. The van der Waals surface area contributed by atoms with Gasteiger partial charge >= 0.3 is 5.82 Å². The first-order valence-corrected chi connectivity index (χ1v) is 12.6. The van der Waals surface area contributed by atoms with E-state index in [1.165, 1.54) is 12.4 Å². The number of nitrogens with zero attached hydrogens (tertiary/aromatic N) is 5. The van der Waals surface area contributed by atoms with Gasteiger partial charge < -0.3 is 15.4 Å². The number of anilines is 1. The van der Waals surface area contributed by atoms with Gasteiger partial charge in [0.25, 0.3) is 0 Å². The van der Waals surface area contributed by atoms with Crippen molar-refractivity contribution in [2.75, 3.05) is 12.3 Å². The van der Waals surface area contributed by atoms with Crippen molar-refractivity contribution in [1.29, 1.82) is 0 Å². The maximum Gasteiger partial charge on any atom is 0.363 e. The highest BCUT2D eigenvalue weighted by Gasteiger charge is 2.39. The Balaban J connectivity index is 1.50. The Hall–Kier alpha value is -4.33. The van der Waals surface area contributed by atoms with E-state index in [2.05, 4.69) is 36.6 Å². The number of nitrogens with two attached hydrogens (primary N) is 1. The number of benzene rings is 2. The van der Waals surface area contributed by atoms with Gasteiger partial charge in [0.05, 0.1) is 0 Å². The zero-order valence-corrected chi connectivity index (χ0v) is 21.1. The number of aromatic nitrogens is 2. The minimum absolute atomic E-state index is 0.0350. The van der Waals surface area contributed by atoms with E-state index in [1.807, 2.05) is 59.5 Å². The lowest BCUT2D eigenvalue weighted by molar-refractivity contribution is -0.443. The molecule has 0 saturated carbocycles. The molecule has 1 aromatic heterocycles. The van der Waals surface area contributed by atoms with E-state index < -0.39 is 0 Å². The van der Waals surface area contributed by atoms with Gasteiger partial charge in [-0.05, 0) is 66.2 Å². The second kappa shape index (κ2) is 10.3. The molecule has 2 aliphatic rings. The quantitative estimate of drug-likeness (QED) is 0.392. The van der Waals surface area contributed by atoms with Crippen LogP contribution in [0, 0.1) is 11.8 Å². The van der Waals surface area contributed by atoms with Crippen molar-refractivity contribution in [1.82, 2.24) is 14.9 Å². The molecular weight excluding hydrogens is 464 g/mol. The minimum atomic E-state index is -0.0350. The molecule has 8 nitrogen and oxygen atoms in total. The molecule has 8 heteroatoms. The van der Waals surface area contributed by atoms with E-state index in [9.17, 15) is 4.79 Å². The van der Waals surface area contributed by atoms with E-state index in [-0.39, 0.29) is 23.8 Å². The minimum Gasteiger partial charge on any atom is -0.457 e. The van der Waals surface area contributed by atoms with E-state index in [0.29, 0.717) is 22.9 Å². The number of nitrogen functional groups attached to an aromatic ring is 1. The van der Waals surface area contributed by atoms with Gasteiger partial charge in [-0.15, -0.1) is 4.68 Å². The molecule has 0 bridgehead atoms. The van der Waals surface area contributed by atoms with Crippen LogP contribution >= 0.6 is 0 Å². The molecule has 188 valence electrons. The molecule has 37 heavy (non-hydrogen) atoms. The van der Waals surface area contributed by atoms with Gasteiger partial charge in [0.15, 0.2) is 0 Å². The second-order valence-electron chi connectivity index (χ2n) is 9.62. The molecule has 1 saturated heterocycles. The highest BCUT2D eigenvalue weighted by Crippen LogP contribution is 2.34. The maximum atomic E-state index is 12.6. The van der Waals surface area contributed by atoms with Gasteiger partial charge in [0, 0.05) is 24.1 Å². The number of amides is 1. The molecule has 2 unspecified atom stereocenters. The fraction of sp³-hybridized carbons (Fsp3) is 0.276. The zero-order chi connectivity index (χ0) is 25.9. The molecule has 2 N–H and O–H groups in total. The molecule has 2 aliphatic heterocycles. The second-order valence-corrected chi connectivity index (χ2v) is 9.62. The Bertz CT molecular complexity index is 1360. The van der Waals surface area contributed by atoms with Crippen LogP contribution in [0.5, 0.6) is 11.5 Å². The predicted molar refractivity (Wildman–Crippen MR) is 144 cm³/mol. The molecular formula is C29H31N6O2+. The normalized spacial score (nSPS) is 20.0. The van der Waals surface area contributed by atoms with Gasteiger partial charge in [-0.2, -0.15) is 4.98 Å². The molecule has 5 rings (SSSR count). The highest BCUT2D eigenvalue weighted by atomic mass is 16.5. The molecule has 3 heterocycles. The first kappa shape index (κ1) is 24.4. The fourth-order valence-electron chi connectivity index (χ4n) is 5.23. The van der Waals surface area contributed by atoms with Crippen LogP contribution in [-0.2, 0) is 4.79 Å². The number of hydrazone groups is 1. The number of ether oxygens (including phenoxy) is 1. The van der Waals surface area contributed by atoms with Crippen LogP contribution < -0.4 is 10.5 Å². The Kier molecular flexibility index (Phi) is 6.81. The van der Waals surface area contributed by atoms with Crippen LogP contribution in [0.3, 0.4) is 0 Å². The van der Waals surface area contributed by atoms with Crippen LogP contribution in [0.15, 0.2) is 78.7 Å². The molecule has 1 fully saturated rings. The Morgan fingerprint density at radius 3 is 2.57 bits per heavy atom. The molecule has 2 atom stereocenters. The topological polar surface area (TPSA) is 96.7 Å². The van der Waals surface area contributed by atoms with Gasteiger partial charge in [-0.3, -0.25) is 4.79 Å². The zero-order valence-electron chi connectivity index (χ0n) is 21.1. The van der Waals surface area contributed by atoms with E-state index in [4.69, 9.17) is 15.6 Å². The number of carbonyl (C=O) groups excluding carboxylic acids is 1. The number of piperidine rings is 1. The number of para-hydroxylation sites is 1. The molecule has 0 spiro atoms. The highest BCUT2D eigenvalue weighted by molar-refractivity contribution is 6.18. The maximum absolute atomic E-state index is 12.6. The lowest BCUT2D eigenvalue weighted by Crippen LogP contribution is -2.51. The summed E-state index contributed by atoms with van der Waals surface area (Å²) in [7, 11) is 0. The summed E-state index contributed by atoms with van der Waals surface area (Å²) in [4.78, 5) is 23.3. The Morgan fingerprint density at radius 1 is 1.14 bits per heavy atom.